The molecule has 5 unspecified atom stereocenters. The highest BCUT2D eigenvalue weighted by Crippen LogP contribution is 2.41. The van der Waals surface area contributed by atoms with Crippen LogP contribution < -0.4 is 0 Å². The summed E-state index contributed by atoms with van der Waals surface area (Å²) < 4.78 is 15.4. The number of aliphatic hydroxyl groups is 1. The van der Waals surface area contributed by atoms with E-state index in [1.807, 2.05) is 6.07 Å². The molecular weight excluding hydrogens is 332 g/mol. The Kier molecular flexibility index (Phi) is 6.54. The van der Waals surface area contributed by atoms with Crippen LogP contribution in [0.25, 0.3) is 0 Å². The quantitative estimate of drug-likeness (QED) is 0.366. The van der Waals surface area contributed by atoms with E-state index in [0.29, 0.717) is 5.92 Å². The van der Waals surface area contributed by atoms with Crippen LogP contribution in [-0.4, -0.2) is 29.6 Å². The number of fused-ring (bicyclic) bond motifs is 1. The first-order valence-corrected chi connectivity index (χ1v) is 9.73. The highest BCUT2D eigenvalue weighted by molar-refractivity contribution is 5.76. The Labute approximate surface area is 155 Å². The number of ether oxygens (including phenoxy) is 2. The maximum absolute atomic E-state index is 11.6. The molecule has 3 rings (SSSR count). The summed E-state index contributed by atoms with van der Waals surface area (Å²) in [5.41, 5.74) is 2.44. The smallest absolute Gasteiger partial charge is 0.314 e. The zero-order chi connectivity index (χ0) is 18.5. The van der Waals surface area contributed by atoms with Crippen LogP contribution in [0.15, 0.2) is 34.7 Å². The number of aryl methyl sites for hydroxylation is 1. The van der Waals surface area contributed by atoms with Gasteiger partial charge in [-0.3, -0.25) is 4.79 Å². The minimum absolute atomic E-state index is 0.0123. The molecule has 0 amide bonds. The molecular formula is C21H30O5. The third-order valence-corrected chi connectivity index (χ3v) is 5.36. The molecule has 0 radical (unpaired) electrons. The van der Waals surface area contributed by atoms with Gasteiger partial charge in [-0.15, -0.1) is 0 Å². The number of carbonyl (C=O) groups excluding carboxylic acids is 1. The molecule has 1 N–H and O–H groups in total. The topological polar surface area (TPSA) is 72.2 Å². The number of epoxide rings is 1. The van der Waals surface area contributed by atoms with Crippen molar-refractivity contribution in [3.05, 3.63) is 35.8 Å². The molecule has 5 nitrogen and oxygen atoms in total. The van der Waals surface area contributed by atoms with E-state index in [4.69, 9.17) is 13.9 Å². The fourth-order valence-corrected chi connectivity index (χ4v) is 3.83. The van der Waals surface area contributed by atoms with Crippen molar-refractivity contribution in [1.82, 2.24) is 0 Å². The lowest BCUT2D eigenvalue weighted by Crippen LogP contribution is -2.16. The predicted molar refractivity (Wildman–Crippen MR) is 97.3 cm³/mol. The van der Waals surface area contributed by atoms with Crippen molar-refractivity contribution in [2.75, 3.05) is 0 Å². The second kappa shape index (κ2) is 8.87. The summed E-state index contributed by atoms with van der Waals surface area (Å²) in [4.78, 5) is 11.6. The molecule has 2 aliphatic heterocycles. The van der Waals surface area contributed by atoms with Gasteiger partial charge in [-0.1, -0.05) is 31.4 Å². The number of furan rings is 1. The van der Waals surface area contributed by atoms with E-state index in [1.165, 1.54) is 11.1 Å². The maximum atomic E-state index is 11.6. The molecule has 0 spiro atoms. The zero-order valence-electron chi connectivity index (χ0n) is 15.7. The summed E-state index contributed by atoms with van der Waals surface area (Å²) in [6.45, 7) is 4.26. The number of esters is 1. The van der Waals surface area contributed by atoms with Gasteiger partial charge in [-0.05, 0) is 56.6 Å². The highest BCUT2D eigenvalue weighted by Gasteiger charge is 2.57. The average Bonchev–Trinajstić information content (AvgIpc) is 3.00. The number of hydrogen-bond donors (Lipinski definition) is 1. The molecule has 2 saturated heterocycles. The number of aliphatic hydroxyl groups excluding tert-OH is 1. The normalized spacial score (nSPS) is 27.1. The average molecular weight is 362 g/mol. The molecule has 3 heterocycles. The molecule has 0 saturated carbocycles. The molecule has 5 atom stereocenters. The zero-order valence-corrected chi connectivity index (χ0v) is 15.7. The monoisotopic (exact) mass is 362 g/mol. The van der Waals surface area contributed by atoms with Gasteiger partial charge in [0.1, 0.15) is 6.10 Å². The van der Waals surface area contributed by atoms with Gasteiger partial charge in [0.15, 0.2) is 0 Å². The van der Waals surface area contributed by atoms with Gasteiger partial charge in [0.25, 0.3) is 0 Å². The molecule has 26 heavy (non-hydrogen) atoms. The molecule has 2 fully saturated rings. The number of carbonyl (C=O) groups is 1. The van der Waals surface area contributed by atoms with Crippen molar-refractivity contribution < 1.29 is 23.8 Å². The van der Waals surface area contributed by atoms with Crippen LogP contribution in [0.4, 0.5) is 0 Å². The van der Waals surface area contributed by atoms with Crippen LogP contribution in [-0.2, 0) is 20.7 Å². The van der Waals surface area contributed by atoms with E-state index >= 15 is 0 Å². The molecule has 0 aromatic carbocycles. The Morgan fingerprint density at radius 1 is 1.42 bits per heavy atom. The van der Waals surface area contributed by atoms with Crippen LogP contribution in [0.1, 0.15) is 57.9 Å². The third kappa shape index (κ3) is 5.45. The first kappa shape index (κ1) is 19.2. The number of rotatable bonds is 11. The van der Waals surface area contributed by atoms with Crippen LogP contribution >= 0.6 is 0 Å². The second-order valence-electron chi connectivity index (χ2n) is 7.86. The van der Waals surface area contributed by atoms with Gasteiger partial charge in [0.05, 0.1) is 24.5 Å². The first-order valence-electron chi connectivity index (χ1n) is 9.73. The lowest BCUT2D eigenvalue weighted by atomic mass is 9.91. The van der Waals surface area contributed by atoms with E-state index < -0.39 is 0 Å². The van der Waals surface area contributed by atoms with Gasteiger partial charge >= 0.3 is 5.97 Å². The van der Waals surface area contributed by atoms with E-state index in [0.717, 1.165) is 44.9 Å². The Hall–Kier alpha value is -1.59. The van der Waals surface area contributed by atoms with Gasteiger partial charge in [-0.25, -0.2) is 0 Å². The minimum Gasteiger partial charge on any atom is -0.472 e. The van der Waals surface area contributed by atoms with Gasteiger partial charge in [0, 0.05) is 0 Å². The van der Waals surface area contributed by atoms with Crippen molar-refractivity contribution >= 4 is 5.97 Å². The van der Waals surface area contributed by atoms with E-state index in [2.05, 4.69) is 19.9 Å². The van der Waals surface area contributed by atoms with Crippen LogP contribution in [0.2, 0.25) is 0 Å². The van der Waals surface area contributed by atoms with Crippen molar-refractivity contribution in [2.24, 2.45) is 11.8 Å². The Bertz CT molecular complexity index is 606. The second-order valence-corrected chi connectivity index (χ2v) is 7.86. The van der Waals surface area contributed by atoms with E-state index in [-0.39, 0.29) is 30.4 Å². The highest BCUT2D eigenvalue weighted by atomic mass is 16.8. The molecule has 2 aliphatic rings. The molecule has 1 aromatic rings. The van der Waals surface area contributed by atoms with Crippen molar-refractivity contribution in [3.8, 4) is 0 Å². The number of hydrogen-bond acceptors (Lipinski definition) is 5. The van der Waals surface area contributed by atoms with Gasteiger partial charge in [0.2, 0.25) is 6.29 Å². The third-order valence-electron chi connectivity index (χ3n) is 5.36. The van der Waals surface area contributed by atoms with Gasteiger partial charge in [-0.2, -0.15) is 0 Å². The fourth-order valence-electron chi connectivity index (χ4n) is 3.83. The predicted octanol–water partition coefficient (Wildman–Crippen LogP) is 4.00. The molecule has 0 bridgehead atoms. The Balaban J connectivity index is 1.28. The van der Waals surface area contributed by atoms with Crippen molar-refractivity contribution in [3.63, 3.8) is 0 Å². The lowest BCUT2D eigenvalue weighted by Gasteiger charge is -2.17. The summed E-state index contributed by atoms with van der Waals surface area (Å²) in [6, 6.07) is 1.99. The summed E-state index contributed by atoms with van der Waals surface area (Å²) >= 11 is 0. The summed E-state index contributed by atoms with van der Waals surface area (Å²) in [5.74, 6) is 0.268. The molecule has 0 aliphatic carbocycles. The standard InChI is InChI=1S/C21H30O5/c1-14(5-3-7-16-9-10-24-13-16)11-17(22)12-15(2)6-4-8-18-19-21(25-19)26-20(18)23/h5,9-10,13,15,17-19,21-22H,3-4,6-8,11-12H2,1-2H3. The largest absolute Gasteiger partial charge is 0.472 e. The van der Waals surface area contributed by atoms with Crippen LogP contribution in [0, 0.1) is 11.8 Å². The summed E-state index contributed by atoms with van der Waals surface area (Å²) in [5, 5.41) is 10.3. The van der Waals surface area contributed by atoms with Crippen molar-refractivity contribution in [2.45, 2.75) is 77.3 Å². The van der Waals surface area contributed by atoms with E-state index in [1.54, 1.807) is 12.5 Å². The Morgan fingerprint density at radius 3 is 2.96 bits per heavy atom. The molecule has 1 aromatic heterocycles. The fraction of sp³-hybridized carbons (Fsp3) is 0.667. The first-order chi connectivity index (χ1) is 12.5. The van der Waals surface area contributed by atoms with E-state index in [9.17, 15) is 9.90 Å². The van der Waals surface area contributed by atoms with Gasteiger partial charge < -0.3 is 19.0 Å². The summed E-state index contributed by atoms with van der Waals surface area (Å²) in [6.07, 6.45) is 11.4. The van der Waals surface area contributed by atoms with Crippen molar-refractivity contribution in [1.29, 1.82) is 0 Å². The van der Waals surface area contributed by atoms with Crippen LogP contribution in [0.3, 0.4) is 0 Å². The number of allylic oxidation sites excluding steroid dienone is 1. The lowest BCUT2D eigenvalue weighted by molar-refractivity contribution is -0.151. The Morgan fingerprint density at radius 2 is 2.27 bits per heavy atom. The maximum Gasteiger partial charge on any atom is 0.314 e. The summed E-state index contributed by atoms with van der Waals surface area (Å²) in [7, 11) is 0. The SMILES string of the molecule is CC(=CCCc1ccoc1)CC(O)CC(C)CCCC1C(=O)OC2OC21. The minimum atomic E-state index is -0.303. The molecule has 5 heteroatoms. The van der Waals surface area contributed by atoms with Crippen LogP contribution in [0.5, 0.6) is 0 Å². The molecule has 144 valence electrons.